The average molecular weight is 924 g/mol. The van der Waals surface area contributed by atoms with Crippen LogP contribution in [0.1, 0.15) is 120 Å². The zero-order valence-corrected chi connectivity index (χ0v) is 41.6. The van der Waals surface area contributed by atoms with Gasteiger partial charge in [0.05, 0.1) is 0 Å². The zero-order valence-electron chi connectivity index (χ0n) is 41.6. The second kappa shape index (κ2) is 21.2. The number of hydrogen-bond donors (Lipinski definition) is 4. The van der Waals surface area contributed by atoms with Gasteiger partial charge in [0.2, 0.25) is 23.6 Å². The zero-order chi connectivity index (χ0) is 49.5. The number of carbonyl (C=O) groups excluding carboxylic acids is 6. The van der Waals surface area contributed by atoms with Crippen LogP contribution in [0.15, 0.2) is 78.9 Å². The van der Waals surface area contributed by atoms with Crippen molar-refractivity contribution in [2.45, 2.75) is 157 Å². The number of ether oxygens (including phenoxy) is 2. The molecule has 15 nitrogen and oxygen atoms in total. The van der Waals surface area contributed by atoms with Gasteiger partial charge in [-0.05, 0) is 126 Å². The number of para-hydroxylation sites is 1. The molecule has 0 radical (unpaired) electrons. The van der Waals surface area contributed by atoms with Gasteiger partial charge in [-0.2, -0.15) is 0 Å². The van der Waals surface area contributed by atoms with Crippen LogP contribution in [0.25, 0.3) is 0 Å². The largest absolute Gasteiger partial charge is 0.444 e. The average Bonchev–Trinajstić information content (AvgIpc) is 3.93. The smallest absolute Gasteiger partial charge is 0.408 e. The van der Waals surface area contributed by atoms with E-state index < -0.39 is 58.4 Å². The highest BCUT2D eigenvalue weighted by Crippen LogP contribution is 2.30. The van der Waals surface area contributed by atoms with E-state index in [9.17, 15) is 28.8 Å². The highest BCUT2D eigenvalue weighted by Gasteiger charge is 2.44. The number of nitrogens with one attached hydrogen (secondary N) is 4. The first-order chi connectivity index (χ1) is 31.2. The molecule has 4 N–H and O–H groups in total. The number of anilines is 3. The maximum Gasteiger partial charge on any atom is 0.408 e. The molecule has 2 heterocycles. The summed E-state index contributed by atoms with van der Waals surface area (Å²) in [4.78, 5) is 86.1. The van der Waals surface area contributed by atoms with Crippen LogP contribution < -0.4 is 26.2 Å². The molecule has 6 amide bonds. The molecule has 2 saturated heterocycles. The first-order valence-electron chi connectivity index (χ1n) is 23.4. The van der Waals surface area contributed by atoms with Gasteiger partial charge in [-0.25, -0.2) is 9.59 Å². The monoisotopic (exact) mass is 924 g/mol. The number of likely N-dealkylation sites (tertiary alicyclic amines) is 2. The normalized spacial score (nSPS) is 17.5. The van der Waals surface area contributed by atoms with Crippen molar-refractivity contribution in [2.24, 2.45) is 10.8 Å². The molecule has 0 saturated carbocycles. The van der Waals surface area contributed by atoms with E-state index >= 15 is 0 Å². The van der Waals surface area contributed by atoms with Crippen LogP contribution in [-0.2, 0) is 41.7 Å². The lowest BCUT2D eigenvalue weighted by molar-refractivity contribution is -0.140. The van der Waals surface area contributed by atoms with E-state index in [0.29, 0.717) is 63.2 Å². The molecule has 3 aromatic rings. The minimum absolute atomic E-state index is 0.287. The Labute approximate surface area is 397 Å². The van der Waals surface area contributed by atoms with Crippen molar-refractivity contribution in [3.05, 3.63) is 90.0 Å². The van der Waals surface area contributed by atoms with Crippen LogP contribution in [0.2, 0.25) is 0 Å². The molecule has 5 rings (SSSR count). The van der Waals surface area contributed by atoms with Crippen LogP contribution in [0.5, 0.6) is 0 Å². The predicted octanol–water partition coefficient (Wildman–Crippen LogP) is 8.63. The van der Waals surface area contributed by atoms with Crippen LogP contribution in [0.4, 0.5) is 26.7 Å². The van der Waals surface area contributed by atoms with E-state index in [4.69, 9.17) is 9.47 Å². The first kappa shape index (κ1) is 51.9. The van der Waals surface area contributed by atoms with Crippen LogP contribution in [0, 0.1) is 10.8 Å². The van der Waals surface area contributed by atoms with Gasteiger partial charge in [0, 0.05) is 43.2 Å². The molecule has 0 bridgehead atoms. The summed E-state index contributed by atoms with van der Waals surface area (Å²) in [6, 6.07) is 22.2. The minimum Gasteiger partial charge on any atom is -0.444 e. The maximum absolute atomic E-state index is 13.9. The minimum atomic E-state index is -0.891. The van der Waals surface area contributed by atoms with E-state index in [1.165, 1.54) is 0 Å². The Kier molecular flexibility index (Phi) is 16.4. The molecule has 0 aromatic heterocycles. The topological polar surface area (TPSA) is 179 Å². The molecule has 364 valence electrons. The standard InChI is InChI=1S/C52H73N7O8/c1-49(2,3)41(55-47(64)66-51(7,8)9)45(62)58-30-16-20-39(58)43(60)53-36-26-22-34(23-27-36)32-57(38-18-14-13-15-19-38)33-35-24-28-37(29-25-35)54-44(61)40-21-17-31-59(40)46(63)42(50(4,5)6)56-48(65)67-52(10,11)12/h13-15,18-19,22-29,39-42H,16-17,20-21,30-33H2,1-12H3,(H,53,60)(H,54,61)(H,55,64)(H,56,65). The SMILES string of the molecule is CC(C)(C)OC(=O)NC(C(=O)N1CCCC1C(=O)Nc1ccc(CN(Cc2ccc(NC(=O)C3CCCN3C(=O)C(NC(=O)OC(C)(C)C)C(C)(C)C)cc2)c2ccccc2)cc1)C(C)(C)C. The van der Waals surface area contributed by atoms with Crippen LogP contribution >= 0.6 is 0 Å². The number of amides is 6. The van der Waals surface area contributed by atoms with E-state index in [2.05, 4.69) is 26.2 Å². The van der Waals surface area contributed by atoms with E-state index in [0.717, 1.165) is 16.8 Å². The van der Waals surface area contributed by atoms with Gasteiger partial charge in [0.15, 0.2) is 0 Å². The predicted molar refractivity (Wildman–Crippen MR) is 261 cm³/mol. The Bertz CT molecular complexity index is 2070. The third-order valence-electron chi connectivity index (χ3n) is 11.5. The molecule has 0 spiro atoms. The van der Waals surface area contributed by atoms with Crippen molar-refractivity contribution in [1.82, 2.24) is 20.4 Å². The van der Waals surface area contributed by atoms with Gasteiger partial charge in [-0.3, -0.25) is 19.2 Å². The number of hydrogen-bond acceptors (Lipinski definition) is 9. The third kappa shape index (κ3) is 14.9. The summed E-state index contributed by atoms with van der Waals surface area (Å²) in [5.41, 5.74) is 1.51. The molecule has 67 heavy (non-hydrogen) atoms. The summed E-state index contributed by atoms with van der Waals surface area (Å²) in [5.74, 6) is -1.22. The molecule has 2 aliphatic rings. The lowest BCUT2D eigenvalue weighted by Crippen LogP contribution is -2.57. The van der Waals surface area contributed by atoms with Crippen molar-refractivity contribution in [2.75, 3.05) is 28.6 Å². The van der Waals surface area contributed by atoms with E-state index in [1.807, 2.05) is 120 Å². The van der Waals surface area contributed by atoms with Gasteiger partial charge in [-0.15, -0.1) is 0 Å². The fourth-order valence-electron chi connectivity index (χ4n) is 8.24. The Morgan fingerprint density at radius 2 is 0.910 bits per heavy atom. The number of benzene rings is 3. The van der Waals surface area contributed by atoms with Crippen molar-refractivity contribution >= 4 is 52.9 Å². The van der Waals surface area contributed by atoms with Gasteiger partial charge in [0.1, 0.15) is 35.4 Å². The lowest BCUT2D eigenvalue weighted by atomic mass is 9.85. The summed E-state index contributed by atoms with van der Waals surface area (Å²) in [6.07, 6.45) is 0.974. The van der Waals surface area contributed by atoms with Crippen molar-refractivity contribution < 1.29 is 38.2 Å². The summed E-state index contributed by atoms with van der Waals surface area (Å²) in [7, 11) is 0. The van der Waals surface area contributed by atoms with Crippen molar-refractivity contribution in [3.63, 3.8) is 0 Å². The second-order valence-corrected chi connectivity index (χ2v) is 21.8. The summed E-state index contributed by atoms with van der Waals surface area (Å²) < 4.78 is 10.9. The Balaban J connectivity index is 1.21. The first-order valence-corrected chi connectivity index (χ1v) is 23.4. The molecule has 0 aliphatic carbocycles. The number of nitrogens with zero attached hydrogens (tertiary/aromatic N) is 3. The molecule has 2 fully saturated rings. The molecule has 15 heteroatoms. The number of rotatable bonds is 13. The Morgan fingerprint density at radius 3 is 1.24 bits per heavy atom. The van der Waals surface area contributed by atoms with Gasteiger partial charge >= 0.3 is 12.2 Å². The van der Waals surface area contributed by atoms with Crippen molar-refractivity contribution in [3.8, 4) is 0 Å². The fraction of sp³-hybridized carbons (Fsp3) is 0.538. The van der Waals surface area contributed by atoms with Crippen LogP contribution in [0.3, 0.4) is 0 Å². The highest BCUT2D eigenvalue weighted by molar-refractivity contribution is 6.00. The summed E-state index contributed by atoms with van der Waals surface area (Å²) in [5, 5.41) is 11.5. The second-order valence-electron chi connectivity index (χ2n) is 21.8. The molecule has 3 aromatic carbocycles. The quantitative estimate of drug-likeness (QED) is 0.131. The highest BCUT2D eigenvalue weighted by atomic mass is 16.6. The molecular weight excluding hydrogens is 851 g/mol. The van der Waals surface area contributed by atoms with Gasteiger partial charge < -0.3 is 45.4 Å². The van der Waals surface area contributed by atoms with E-state index in [1.54, 1.807) is 51.3 Å². The summed E-state index contributed by atoms with van der Waals surface area (Å²) >= 11 is 0. The van der Waals surface area contributed by atoms with Crippen molar-refractivity contribution in [1.29, 1.82) is 0 Å². The number of carbonyl (C=O) groups is 6. The Hall–Kier alpha value is -6.12. The van der Waals surface area contributed by atoms with Crippen LogP contribution in [-0.4, -0.2) is 94.1 Å². The van der Waals surface area contributed by atoms with Gasteiger partial charge in [-0.1, -0.05) is 84.0 Å². The van der Waals surface area contributed by atoms with Gasteiger partial charge in [0.25, 0.3) is 0 Å². The molecule has 4 unspecified atom stereocenters. The molecule has 2 aliphatic heterocycles. The number of alkyl carbamates (subject to hydrolysis) is 2. The summed E-state index contributed by atoms with van der Waals surface area (Å²) in [6.45, 7) is 23.7. The Morgan fingerprint density at radius 1 is 0.552 bits per heavy atom. The van der Waals surface area contributed by atoms with E-state index in [-0.39, 0.29) is 23.6 Å². The lowest BCUT2D eigenvalue weighted by Gasteiger charge is -2.35. The maximum atomic E-state index is 13.9. The molecule has 4 atom stereocenters. The molecular formula is C52H73N7O8. The fourth-order valence-corrected chi connectivity index (χ4v) is 8.24. The third-order valence-corrected chi connectivity index (χ3v) is 11.5.